The maximum absolute atomic E-state index is 3.40. The molecule has 0 aromatic carbocycles. The van der Waals surface area contributed by atoms with E-state index in [0.29, 0.717) is 0 Å². The molecule has 0 fully saturated rings. The van der Waals surface area contributed by atoms with Crippen LogP contribution in [0.3, 0.4) is 0 Å². The van der Waals surface area contributed by atoms with Crippen LogP contribution in [-0.4, -0.2) is 0 Å². The first kappa shape index (κ1) is 7.30. The van der Waals surface area contributed by atoms with Crippen LogP contribution in [0.15, 0.2) is 12.2 Å². The van der Waals surface area contributed by atoms with Crippen molar-refractivity contribution >= 4 is 0 Å². The summed E-state index contributed by atoms with van der Waals surface area (Å²) in [5, 5.41) is 0. The van der Waals surface area contributed by atoms with Crippen LogP contribution in [-0.2, 0) is 0 Å². The Kier molecular flexibility index (Phi) is 5.75. The number of rotatable bonds is 2. The van der Waals surface area contributed by atoms with E-state index in [4.69, 9.17) is 0 Å². The van der Waals surface area contributed by atoms with Gasteiger partial charge in [-0.3, -0.25) is 0 Å². The van der Waals surface area contributed by atoms with Gasteiger partial charge in [0, 0.05) is 13.3 Å². The summed E-state index contributed by atoms with van der Waals surface area (Å²) in [5.41, 5.74) is 0. The third-order valence-electron chi connectivity index (χ3n) is 0.797. The molecule has 0 aliphatic heterocycles. The van der Waals surface area contributed by atoms with Crippen LogP contribution in [0, 0.1) is 18.8 Å². The molecular formula is C8H11. The summed E-state index contributed by atoms with van der Waals surface area (Å²) < 4.78 is 0. The van der Waals surface area contributed by atoms with E-state index in [1.54, 1.807) is 0 Å². The maximum Gasteiger partial charge on any atom is 0.0198 e. The predicted octanol–water partition coefficient (Wildman–Crippen LogP) is 2.18. The first-order valence-corrected chi connectivity index (χ1v) is 2.78. The average Bonchev–Trinajstić information content (AvgIpc) is 1.81. The molecular weight excluding hydrogens is 96.1 g/mol. The van der Waals surface area contributed by atoms with E-state index in [2.05, 4.69) is 24.8 Å². The van der Waals surface area contributed by atoms with Gasteiger partial charge < -0.3 is 0 Å². The van der Waals surface area contributed by atoms with Gasteiger partial charge in [-0.25, -0.2) is 0 Å². The van der Waals surface area contributed by atoms with E-state index >= 15 is 0 Å². The quantitative estimate of drug-likeness (QED) is 0.288. The number of hydrogen-bond acceptors (Lipinski definition) is 0. The van der Waals surface area contributed by atoms with Crippen molar-refractivity contribution in [3.8, 4) is 11.8 Å². The summed E-state index contributed by atoms with van der Waals surface area (Å²) in [6, 6.07) is 0. The van der Waals surface area contributed by atoms with Crippen LogP contribution in [0.25, 0.3) is 0 Å². The van der Waals surface area contributed by atoms with Crippen LogP contribution in [0.4, 0.5) is 0 Å². The third-order valence-corrected chi connectivity index (χ3v) is 0.797. The summed E-state index contributed by atoms with van der Waals surface area (Å²) in [6.45, 7) is 5.41. The maximum atomic E-state index is 3.40. The Balaban J connectivity index is 3.01. The Morgan fingerprint density at radius 1 is 1.62 bits per heavy atom. The molecule has 0 N–H and O–H groups in total. The minimum atomic E-state index is 0.938. The zero-order valence-electron chi connectivity index (χ0n) is 5.28. The molecule has 0 nitrogen and oxygen atoms in total. The van der Waals surface area contributed by atoms with Crippen molar-refractivity contribution in [2.24, 2.45) is 0 Å². The van der Waals surface area contributed by atoms with Gasteiger partial charge in [0.05, 0.1) is 0 Å². The van der Waals surface area contributed by atoms with E-state index < -0.39 is 0 Å². The van der Waals surface area contributed by atoms with Gasteiger partial charge in [-0.2, -0.15) is 0 Å². The van der Waals surface area contributed by atoms with Crippen molar-refractivity contribution in [1.29, 1.82) is 0 Å². The highest BCUT2D eigenvalue weighted by molar-refractivity contribution is 5.02. The van der Waals surface area contributed by atoms with Gasteiger partial charge in [-0.15, -0.1) is 11.8 Å². The molecule has 0 unspecified atom stereocenters. The first-order valence-electron chi connectivity index (χ1n) is 2.78. The fourth-order valence-electron chi connectivity index (χ4n) is 0.411. The lowest BCUT2D eigenvalue weighted by Crippen LogP contribution is -1.61. The molecule has 0 aromatic heterocycles. The van der Waals surface area contributed by atoms with Crippen LogP contribution >= 0.6 is 0 Å². The first-order chi connectivity index (χ1) is 3.91. The van der Waals surface area contributed by atoms with Gasteiger partial charge in [-0.05, 0) is 13.3 Å². The molecule has 0 aliphatic rings. The standard InChI is InChI=1S/C8H11/c1-3-5-7-8-6-4-2/h4,6H,1,7-8H2,2H3. The van der Waals surface area contributed by atoms with Crippen LogP contribution in [0.1, 0.15) is 19.8 Å². The second-order valence-corrected chi connectivity index (χ2v) is 1.46. The van der Waals surface area contributed by atoms with Crippen molar-refractivity contribution < 1.29 is 0 Å². The van der Waals surface area contributed by atoms with Gasteiger partial charge >= 0.3 is 0 Å². The lowest BCUT2D eigenvalue weighted by Gasteiger charge is -1.78. The van der Waals surface area contributed by atoms with Gasteiger partial charge in [0.2, 0.25) is 0 Å². The molecule has 0 rings (SSSR count). The largest absolute Gasteiger partial charge is 0.103 e. The van der Waals surface area contributed by atoms with Crippen molar-refractivity contribution in [2.75, 3.05) is 0 Å². The molecule has 8 heavy (non-hydrogen) atoms. The highest BCUT2D eigenvalue weighted by Crippen LogP contribution is 1.86. The van der Waals surface area contributed by atoms with Crippen molar-refractivity contribution in [1.82, 2.24) is 0 Å². The summed E-state index contributed by atoms with van der Waals surface area (Å²) in [5.74, 6) is 5.46. The number of hydrogen-bond donors (Lipinski definition) is 0. The molecule has 0 aromatic rings. The van der Waals surface area contributed by atoms with Crippen molar-refractivity contribution in [3.63, 3.8) is 0 Å². The van der Waals surface area contributed by atoms with E-state index in [-0.39, 0.29) is 0 Å². The number of allylic oxidation sites excluding steroid dienone is 2. The highest BCUT2D eigenvalue weighted by atomic mass is 13.7. The zero-order chi connectivity index (χ0) is 6.24. The topological polar surface area (TPSA) is 0 Å². The summed E-state index contributed by atoms with van der Waals surface area (Å²) in [4.78, 5) is 0. The fourth-order valence-corrected chi connectivity index (χ4v) is 0.411. The molecule has 0 saturated carbocycles. The summed E-state index contributed by atoms with van der Waals surface area (Å²) in [6.07, 6.45) is 6.13. The monoisotopic (exact) mass is 107 g/mol. The molecule has 0 bridgehead atoms. The SMILES string of the molecule is [CH2]C#CCCC=CC. The Hall–Kier alpha value is -0.700. The minimum Gasteiger partial charge on any atom is -0.103 e. The molecule has 0 atom stereocenters. The third kappa shape index (κ3) is 5.30. The van der Waals surface area contributed by atoms with Crippen LogP contribution in [0.2, 0.25) is 0 Å². The minimum absolute atomic E-state index is 0.938. The van der Waals surface area contributed by atoms with Gasteiger partial charge in [0.15, 0.2) is 0 Å². The van der Waals surface area contributed by atoms with Crippen LogP contribution in [0.5, 0.6) is 0 Å². The van der Waals surface area contributed by atoms with Crippen LogP contribution < -0.4 is 0 Å². The Morgan fingerprint density at radius 3 is 2.88 bits per heavy atom. The van der Waals surface area contributed by atoms with Crippen molar-refractivity contribution in [3.05, 3.63) is 19.1 Å². The molecule has 0 saturated heterocycles. The predicted molar refractivity (Wildman–Crippen MR) is 37.2 cm³/mol. The highest BCUT2D eigenvalue weighted by Gasteiger charge is 1.69. The lowest BCUT2D eigenvalue weighted by molar-refractivity contribution is 1.08. The van der Waals surface area contributed by atoms with Gasteiger partial charge in [0.1, 0.15) is 0 Å². The summed E-state index contributed by atoms with van der Waals surface area (Å²) >= 11 is 0. The molecule has 43 valence electrons. The van der Waals surface area contributed by atoms with E-state index in [1.807, 2.05) is 13.0 Å². The van der Waals surface area contributed by atoms with Gasteiger partial charge in [-0.1, -0.05) is 12.2 Å². The van der Waals surface area contributed by atoms with Gasteiger partial charge in [0.25, 0.3) is 0 Å². The molecule has 0 heteroatoms. The van der Waals surface area contributed by atoms with E-state index in [1.165, 1.54) is 0 Å². The molecule has 0 spiro atoms. The Morgan fingerprint density at radius 2 is 2.38 bits per heavy atom. The second kappa shape index (κ2) is 6.30. The number of unbranched alkanes of at least 4 members (excludes halogenated alkanes) is 1. The molecule has 0 amide bonds. The van der Waals surface area contributed by atoms with E-state index in [9.17, 15) is 0 Å². The molecule has 0 aliphatic carbocycles. The average molecular weight is 107 g/mol. The Labute approximate surface area is 51.6 Å². The second-order valence-electron chi connectivity index (χ2n) is 1.46. The normalized spacial score (nSPS) is 8.75. The molecule has 1 radical (unpaired) electrons. The summed E-state index contributed by atoms with van der Waals surface area (Å²) in [7, 11) is 0. The smallest absolute Gasteiger partial charge is 0.0198 e. The molecule has 0 heterocycles. The van der Waals surface area contributed by atoms with E-state index in [0.717, 1.165) is 12.8 Å². The fraction of sp³-hybridized carbons (Fsp3) is 0.375. The Bertz CT molecular complexity index is 110. The zero-order valence-corrected chi connectivity index (χ0v) is 5.28. The van der Waals surface area contributed by atoms with Crippen molar-refractivity contribution in [2.45, 2.75) is 19.8 Å². The lowest BCUT2D eigenvalue weighted by atomic mass is 10.3.